The maximum Gasteiger partial charge on any atom is 0.287 e. The summed E-state index contributed by atoms with van der Waals surface area (Å²) in [5.41, 5.74) is 0.765. The maximum absolute atomic E-state index is 13.6. The van der Waals surface area contributed by atoms with Crippen LogP contribution in [0.2, 0.25) is 0 Å². The fourth-order valence-electron chi connectivity index (χ4n) is 2.37. The summed E-state index contributed by atoms with van der Waals surface area (Å²) in [4.78, 5) is 12.1. The molecule has 3 aromatic rings. The molecule has 0 saturated carbocycles. The summed E-state index contributed by atoms with van der Waals surface area (Å²) in [5.74, 6) is -12.9. The maximum atomic E-state index is 13.6. The van der Waals surface area contributed by atoms with Crippen molar-refractivity contribution in [3.05, 3.63) is 70.7 Å². The third-order valence-corrected chi connectivity index (χ3v) is 3.88. The van der Waals surface area contributed by atoms with E-state index in [0.29, 0.717) is 6.54 Å². The number of aryl methyl sites for hydroxylation is 1. The molecule has 154 valence electrons. The summed E-state index contributed by atoms with van der Waals surface area (Å²) in [7, 11) is 0. The quantitative estimate of drug-likeness (QED) is 0.363. The van der Waals surface area contributed by atoms with E-state index in [1.54, 1.807) is 17.1 Å². The number of nitrogens with zero attached hydrogens (tertiary/aromatic N) is 2. The van der Waals surface area contributed by atoms with E-state index in [2.05, 4.69) is 15.2 Å². The zero-order valence-electron chi connectivity index (χ0n) is 14.9. The van der Waals surface area contributed by atoms with Crippen molar-refractivity contribution in [3.8, 4) is 5.75 Å². The SMILES string of the molecule is CCn1cc(CNC(=O)c2ccc(COc3c(F)c(F)c(F)c(F)c3F)o2)cn1. The third kappa shape index (κ3) is 4.23. The molecule has 0 aliphatic carbocycles. The number of nitrogens with one attached hydrogen (secondary N) is 1. The number of rotatable bonds is 7. The lowest BCUT2D eigenvalue weighted by atomic mass is 10.2. The van der Waals surface area contributed by atoms with E-state index < -0.39 is 47.3 Å². The van der Waals surface area contributed by atoms with Gasteiger partial charge in [-0.2, -0.15) is 13.9 Å². The average Bonchev–Trinajstić information content (AvgIpc) is 3.38. The highest BCUT2D eigenvalue weighted by Crippen LogP contribution is 2.29. The molecule has 29 heavy (non-hydrogen) atoms. The molecule has 2 heterocycles. The Hall–Kier alpha value is -3.37. The topological polar surface area (TPSA) is 69.3 Å². The number of carbonyl (C=O) groups excluding carboxylic acids is 1. The molecule has 0 unspecified atom stereocenters. The number of halogens is 5. The Morgan fingerprint density at radius 2 is 1.76 bits per heavy atom. The molecule has 0 bridgehead atoms. The summed E-state index contributed by atoms with van der Waals surface area (Å²) in [6.45, 7) is 2.12. The van der Waals surface area contributed by atoms with Crippen LogP contribution in [0.15, 0.2) is 28.9 Å². The lowest BCUT2D eigenvalue weighted by Gasteiger charge is -2.09. The first-order valence-corrected chi connectivity index (χ1v) is 8.34. The molecule has 0 aliphatic rings. The van der Waals surface area contributed by atoms with Gasteiger partial charge in [0.25, 0.3) is 5.91 Å². The molecule has 0 saturated heterocycles. The Bertz CT molecular complexity index is 1020. The Morgan fingerprint density at radius 3 is 2.38 bits per heavy atom. The van der Waals surface area contributed by atoms with Crippen LogP contribution < -0.4 is 10.1 Å². The molecular formula is C18H14F5N3O3. The van der Waals surface area contributed by atoms with Gasteiger partial charge in [0.1, 0.15) is 12.4 Å². The van der Waals surface area contributed by atoms with Gasteiger partial charge in [-0.15, -0.1) is 0 Å². The lowest BCUT2D eigenvalue weighted by Crippen LogP contribution is -2.22. The Morgan fingerprint density at radius 1 is 1.10 bits per heavy atom. The van der Waals surface area contributed by atoms with E-state index >= 15 is 0 Å². The molecule has 11 heteroatoms. The van der Waals surface area contributed by atoms with Crippen molar-refractivity contribution >= 4 is 5.91 Å². The van der Waals surface area contributed by atoms with E-state index in [-0.39, 0.29) is 18.1 Å². The van der Waals surface area contributed by atoms with Crippen LogP contribution in [0, 0.1) is 29.1 Å². The van der Waals surface area contributed by atoms with Gasteiger partial charge in [0.05, 0.1) is 6.20 Å². The molecule has 0 fully saturated rings. The number of hydrogen-bond donors (Lipinski definition) is 1. The second-order valence-electron chi connectivity index (χ2n) is 5.84. The summed E-state index contributed by atoms with van der Waals surface area (Å²) in [5, 5.41) is 6.65. The van der Waals surface area contributed by atoms with E-state index in [4.69, 9.17) is 4.42 Å². The highest BCUT2D eigenvalue weighted by Gasteiger charge is 2.27. The monoisotopic (exact) mass is 415 g/mol. The van der Waals surface area contributed by atoms with Crippen LogP contribution in [0.5, 0.6) is 5.75 Å². The molecule has 1 N–H and O–H groups in total. The highest BCUT2D eigenvalue weighted by molar-refractivity contribution is 5.91. The van der Waals surface area contributed by atoms with Crippen molar-refractivity contribution in [2.24, 2.45) is 0 Å². The molecule has 0 aliphatic heterocycles. The van der Waals surface area contributed by atoms with Crippen molar-refractivity contribution in [2.45, 2.75) is 26.6 Å². The standard InChI is InChI=1S/C18H14F5N3O3/c1-2-26-7-9(6-25-26)5-24-18(27)11-4-3-10(29-11)8-28-17-15(22)13(20)12(19)14(21)16(17)23/h3-4,6-7H,2,5,8H2,1H3,(H,24,27). The molecule has 0 atom stereocenters. The predicted octanol–water partition coefficient (Wildman–Crippen LogP) is 3.70. The fraction of sp³-hybridized carbons (Fsp3) is 0.222. The number of ether oxygens (including phenoxy) is 1. The van der Waals surface area contributed by atoms with Gasteiger partial charge in [-0.1, -0.05) is 0 Å². The number of benzene rings is 1. The van der Waals surface area contributed by atoms with E-state index in [0.717, 1.165) is 5.56 Å². The average molecular weight is 415 g/mol. The zero-order valence-corrected chi connectivity index (χ0v) is 14.9. The van der Waals surface area contributed by atoms with E-state index in [9.17, 15) is 26.7 Å². The number of carbonyl (C=O) groups is 1. The molecule has 2 aromatic heterocycles. The first kappa shape index (κ1) is 20.4. The fourth-order valence-corrected chi connectivity index (χ4v) is 2.37. The Kier molecular flexibility index (Phi) is 5.85. The molecule has 0 radical (unpaired) electrons. The van der Waals surface area contributed by atoms with Gasteiger partial charge in [0.15, 0.2) is 11.5 Å². The van der Waals surface area contributed by atoms with Crippen molar-refractivity contribution in [3.63, 3.8) is 0 Å². The van der Waals surface area contributed by atoms with Crippen LogP contribution >= 0.6 is 0 Å². The Labute approximate surface area is 160 Å². The van der Waals surface area contributed by atoms with E-state index in [1.165, 1.54) is 12.1 Å². The van der Waals surface area contributed by atoms with Crippen LogP contribution in [0.25, 0.3) is 0 Å². The van der Waals surface area contributed by atoms with Crippen molar-refractivity contribution in [1.82, 2.24) is 15.1 Å². The van der Waals surface area contributed by atoms with Crippen molar-refractivity contribution in [1.29, 1.82) is 0 Å². The van der Waals surface area contributed by atoms with Gasteiger partial charge in [-0.3, -0.25) is 9.48 Å². The number of hydrogen-bond acceptors (Lipinski definition) is 4. The normalized spacial score (nSPS) is 11.0. The first-order valence-electron chi connectivity index (χ1n) is 8.34. The highest BCUT2D eigenvalue weighted by atomic mass is 19.2. The molecule has 6 nitrogen and oxygen atoms in total. The van der Waals surface area contributed by atoms with Crippen LogP contribution in [0.3, 0.4) is 0 Å². The molecular weight excluding hydrogens is 401 g/mol. The Balaban J connectivity index is 1.63. The minimum absolute atomic E-state index is 0.0575. The largest absolute Gasteiger partial charge is 0.479 e. The van der Waals surface area contributed by atoms with Gasteiger partial charge in [0.2, 0.25) is 29.1 Å². The van der Waals surface area contributed by atoms with Crippen LogP contribution in [0.1, 0.15) is 28.8 Å². The number of amides is 1. The van der Waals surface area contributed by atoms with Crippen molar-refractivity contribution < 1.29 is 35.9 Å². The number of aromatic nitrogens is 2. The van der Waals surface area contributed by atoms with Crippen LogP contribution in [-0.4, -0.2) is 15.7 Å². The van der Waals surface area contributed by atoms with Gasteiger partial charge >= 0.3 is 0 Å². The van der Waals surface area contributed by atoms with Gasteiger partial charge in [0, 0.05) is 24.8 Å². The van der Waals surface area contributed by atoms with Crippen molar-refractivity contribution in [2.75, 3.05) is 0 Å². The molecule has 1 aromatic carbocycles. The van der Waals surface area contributed by atoms with Crippen LogP contribution in [0.4, 0.5) is 22.0 Å². The third-order valence-electron chi connectivity index (χ3n) is 3.88. The summed E-state index contributed by atoms with van der Waals surface area (Å²) in [6, 6.07) is 2.55. The van der Waals surface area contributed by atoms with Gasteiger partial charge in [-0.25, -0.2) is 13.2 Å². The minimum Gasteiger partial charge on any atom is -0.479 e. The summed E-state index contributed by atoms with van der Waals surface area (Å²) >= 11 is 0. The lowest BCUT2D eigenvalue weighted by molar-refractivity contribution is 0.0918. The second-order valence-corrected chi connectivity index (χ2v) is 5.84. The predicted molar refractivity (Wildman–Crippen MR) is 88.3 cm³/mol. The summed E-state index contributed by atoms with van der Waals surface area (Å²) < 4.78 is 78.0. The summed E-state index contributed by atoms with van der Waals surface area (Å²) in [6.07, 6.45) is 3.35. The van der Waals surface area contributed by atoms with Gasteiger partial charge < -0.3 is 14.5 Å². The smallest absolute Gasteiger partial charge is 0.287 e. The first-order chi connectivity index (χ1) is 13.8. The molecule has 3 rings (SSSR count). The molecule has 1 amide bonds. The minimum atomic E-state index is -2.28. The van der Waals surface area contributed by atoms with E-state index in [1.807, 2.05) is 6.92 Å². The molecule has 0 spiro atoms. The number of furan rings is 1. The second kappa shape index (κ2) is 8.33. The van der Waals surface area contributed by atoms with Gasteiger partial charge in [-0.05, 0) is 19.1 Å². The van der Waals surface area contributed by atoms with Crippen LogP contribution in [-0.2, 0) is 19.7 Å². The zero-order chi connectivity index (χ0) is 21.1.